The van der Waals surface area contributed by atoms with E-state index in [0.29, 0.717) is 11.4 Å². The molecule has 0 radical (unpaired) electrons. The van der Waals surface area contributed by atoms with E-state index in [4.69, 9.17) is 0 Å². The van der Waals surface area contributed by atoms with Gasteiger partial charge in [-0.05, 0) is 32.2 Å². The maximum Gasteiger partial charge on any atom is 0.295 e. The van der Waals surface area contributed by atoms with E-state index in [9.17, 15) is 19.1 Å². The summed E-state index contributed by atoms with van der Waals surface area (Å²) < 4.78 is 14.8. The molecule has 1 aromatic heterocycles. The number of hydrogen-bond acceptors (Lipinski definition) is 5. The van der Waals surface area contributed by atoms with Crippen LogP contribution < -0.4 is 20.7 Å². The van der Waals surface area contributed by atoms with Crippen LogP contribution in [0.3, 0.4) is 0 Å². The summed E-state index contributed by atoms with van der Waals surface area (Å²) in [7, 11) is -3.35. The van der Waals surface area contributed by atoms with Gasteiger partial charge in [-0.2, -0.15) is 0 Å². The van der Waals surface area contributed by atoms with Crippen LogP contribution in [-0.4, -0.2) is 9.36 Å². The summed E-state index contributed by atoms with van der Waals surface area (Å²) in [5.74, 6) is -1.53. The largest absolute Gasteiger partial charge is 0.809 e. The van der Waals surface area contributed by atoms with Crippen molar-refractivity contribution in [2.24, 2.45) is 7.05 Å². The highest BCUT2D eigenvalue weighted by atomic mass is 31.2. The Morgan fingerprint density at radius 1 is 1.00 bits per heavy atom. The van der Waals surface area contributed by atoms with Crippen LogP contribution in [0.5, 0.6) is 0 Å². The number of hydrogen-bond donors (Lipinski definition) is 1. The molecule has 0 unspecified atom stereocenters. The minimum Gasteiger partial charge on any atom is -0.809 e. The van der Waals surface area contributed by atoms with Crippen LogP contribution in [0.4, 0.5) is 5.69 Å². The lowest BCUT2D eigenvalue weighted by Gasteiger charge is -2.39. The van der Waals surface area contributed by atoms with Gasteiger partial charge in [-0.3, -0.25) is 9.48 Å². The summed E-state index contributed by atoms with van der Waals surface area (Å²) in [5, 5.41) is 2.66. The highest BCUT2D eigenvalue weighted by Crippen LogP contribution is 2.44. The van der Waals surface area contributed by atoms with Crippen molar-refractivity contribution in [2.45, 2.75) is 12.7 Å². The molecule has 136 valence electrons. The Labute approximate surface area is 150 Å². The third-order valence-electron chi connectivity index (χ3n) is 4.27. The third kappa shape index (κ3) is 3.37. The zero-order valence-electron chi connectivity index (χ0n) is 14.3. The van der Waals surface area contributed by atoms with E-state index < -0.39 is 18.9 Å². The van der Waals surface area contributed by atoms with Gasteiger partial charge in [-0.25, -0.2) is 4.68 Å². The maximum absolute atomic E-state index is 12.9. The average Bonchev–Trinajstić information content (AvgIpc) is 2.83. The van der Waals surface area contributed by atoms with Crippen molar-refractivity contribution < 1.29 is 14.4 Å². The van der Waals surface area contributed by atoms with E-state index >= 15 is 0 Å². The van der Waals surface area contributed by atoms with Crippen LogP contribution >= 0.6 is 7.60 Å². The van der Waals surface area contributed by atoms with E-state index in [2.05, 4.69) is 5.32 Å². The molecule has 1 N–H and O–H groups in total. The summed E-state index contributed by atoms with van der Waals surface area (Å²) >= 11 is 0. The van der Waals surface area contributed by atoms with Crippen molar-refractivity contribution in [3.63, 3.8) is 0 Å². The van der Waals surface area contributed by atoms with Crippen LogP contribution in [0.1, 0.15) is 17.0 Å². The number of benzene rings is 2. The predicted molar refractivity (Wildman–Crippen MR) is 96.2 cm³/mol. The van der Waals surface area contributed by atoms with E-state index in [1.807, 2.05) is 6.07 Å². The van der Waals surface area contributed by atoms with Crippen molar-refractivity contribution in [1.29, 1.82) is 0 Å². The molecule has 0 aliphatic carbocycles. The van der Waals surface area contributed by atoms with Crippen LogP contribution in [0.25, 0.3) is 5.69 Å². The van der Waals surface area contributed by atoms with Gasteiger partial charge >= 0.3 is 0 Å². The second-order valence-corrected chi connectivity index (χ2v) is 7.53. The van der Waals surface area contributed by atoms with Gasteiger partial charge in [0.1, 0.15) is 5.69 Å². The van der Waals surface area contributed by atoms with E-state index in [1.165, 1.54) is 16.8 Å². The minimum atomic E-state index is -5.05. The maximum atomic E-state index is 12.9. The Morgan fingerprint density at radius 2 is 1.54 bits per heavy atom. The predicted octanol–water partition coefficient (Wildman–Crippen LogP) is 1.51. The van der Waals surface area contributed by atoms with Gasteiger partial charge in [-0.1, -0.05) is 48.5 Å². The highest BCUT2D eigenvalue weighted by molar-refractivity contribution is 7.49. The fraction of sp³-hybridized carbons (Fsp3) is 0.167. The summed E-state index contributed by atoms with van der Waals surface area (Å²) in [6.07, 6.45) is 0. The Balaban J connectivity index is 2.10. The molecule has 0 saturated carbocycles. The molecule has 3 aromatic rings. The second-order valence-electron chi connectivity index (χ2n) is 5.93. The molecule has 1 heterocycles. The van der Waals surface area contributed by atoms with E-state index in [1.54, 1.807) is 61.1 Å². The third-order valence-corrected chi connectivity index (χ3v) is 5.33. The Morgan fingerprint density at radius 3 is 2.08 bits per heavy atom. The lowest BCUT2D eigenvalue weighted by atomic mass is 10.2. The fourth-order valence-corrected chi connectivity index (χ4v) is 3.68. The summed E-state index contributed by atoms with van der Waals surface area (Å²) in [5.41, 5.74) is 1.10. The van der Waals surface area contributed by atoms with Crippen LogP contribution in [0.15, 0.2) is 65.5 Å². The molecule has 0 spiro atoms. The first-order valence-electron chi connectivity index (χ1n) is 7.98. The first-order valence-corrected chi connectivity index (χ1v) is 9.59. The van der Waals surface area contributed by atoms with E-state index in [0.717, 1.165) is 0 Å². The Hall–Kier alpha value is -2.60. The highest BCUT2D eigenvalue weighted by Gasteiger charge is 2.22. The quantitative estimate of drug-likeness (QED) is 0.685. The van der Waals surface area contributed by atoms with Crippen LogP contribution in [0.2, 0.25) is 0 Å². The van der Waals surface area contributed by atoms with Crippen LogP contribution in [-0.2, 0) is 11.6 Å². The van der Waals surface area contributed by atoms with Crippen molar-refractivity contribution in [3.8, 4) is 5.69 Å². The van der Waals surface area contributed by atoms with Gasteiger partial charge in [0, 0.05) is 7.05 Å². The fourth-order valence-electron chi connectivity index (χ4n) is 2.85. The monoisotopic (exact) mass is 371 g/mol. The molecular formula is C18H18N3O4P-2. The first kappa shape index (κ1) is 18.2. The lowest BCUT2D eigenvalue weighted by molar-refractivity contribution is -0.316. The molecule has 0 saturated heterocycles. The molecule has 3 rings (SSSR count). The molecule has 1 atom stereocenters. The number of aromatic nitrogens is 2. The first-order chi connectivity index (χ1) is 12.3. The number of nitrogens with one attached hydrogen (secondary N) is 1. The normalized spacial score (nSPS) is 12.8. The standard InChI is InChI=1S/C18H20N3O4P/c1-13-16(18(22)21(20(13)2)15-11-7-4-8-12-15)19-17(26(23,24)25)14-9-5-3-6-10-14/h3-12,17,19H,1-2H3,(H2,23,24,25)/p-2/t17-/m1/s1. The van der Waals surface area contributed by atoms with Gasteiger partial charge in [-0.15, -0.1) is 0 Å². The second kappa shape index (κ2) is 6.96. The van der Waals surface area contributed by atoms with Crippen molar-refractivity contribution in [2.75, 3.05) is 5.32 Å². The van der Waals surface area contributed by atoms with Gasteiger partial charge < -0.3 is 19.7 Å². The number of anilines is 1. The van der Waals surface area contributed by atoms with Gasteiger partial charge in [0.25, 0.3) is 5.56 Å². The number of rotatable bonds is 5. The topological polar surface area (TPSA) is 102 Å². The van der Waals surface area contributed by atoms with E-state index in [-0.39, 0.29) is 11.3 Å². The molecule has 2 aromatic carbocycles. The summed E-state index contributed by atoms with van der Waals surface area (Å²) in [6, 6.07) is 17.0. The zero-order chi connectivity index (χ0) is 18.9. The van der Waals surface area contributed by atoms with Crippen molar-refractivity contribution in [1.82, 2.24) is 9.36 Å². The average molecular weight is 371 g/mol. The van der Waals surface area contributed by atoms with Gasteiger partial charge in [0.2, 0.25) is 0 Å². The number of para-hydroxylation sites is 1. The molecule has 8 heteroatoms. The van der Waals surface area contributed by atoms with Crippen molar-refractivity contribution >= 4 is 13.3 Å². The van der Waals surface area contributed by atoms with Crippen LogP contribution in [0, 0.1) is 6.92 Å². The lowest BCUT2D eigenvalue weighted by Crippen LogP contribution is -2.28. The molecule has 0 aliphatic heterocycles. The molecule has 0 fully saturated rings. The smallest absolute Gasteiger partial charge is 0.295 e. The minimum absolute atomic E-state index is 0.0807. The van der Waals surface area contributed by atoms with Gasteiger partial charge in [0.05, 0.1) is 17.2 Å². The molecule has 0 bridgehead atoms. The van der Waals surface area contributed by atoms with Crippen molar-refractivity contribution in [3.05, 3.63) is 82.3 Å². The Bertz CT molecular complexity index is 1010. The SMILES string of the molecule is Cc1c(N[C@@H](c2ccccc2)P(=O)([O-])[O-])c(=O)n(-c2ccccc2)n1C. The molecular weight excluding hydrogens is 353 g/mol. The number of nitrogens with zero attached hydrogens (tertiary/aromatic N) is 2. The zero-order valence-corrected chi connectivity index (χ0v) is 15.2. The Kier molecular flexibility index (Phi) is 4.87. The molecule has 0 aliphatic rings. The molecule has 7 nitrogen and oxygen atoms in total. The summed E-state index contributed by atoms with van der Waals surface area (Å²) in [6.45, 7) is 1.69. The molecule has 26 heavy (non-hydrogen) atoms. The summed E-state index contributed by atoms with van der Waals surface area (Å²) in [4.78, 5) is 36.5. The van der Waals surface area contributed by atoms with Gasteiger partial charge in [0.15, 0.2) is 0 Å². The molecule has 0 amide bonds.